The maximum atomic E-state index is 12.6. The van der Waals surface area contributed by atoms with E-state index in [4.69, 9.17) is 16.9 Å². The first-order valence-corrected chi connectivity index (χ1v) is 9.03. The number of anilines is 3. The predicted octanol–water partition coefficient (Wildman–Crippen LogP) is 2.59. The fourth-order valence-electron chi connectivity index (χ4n) is 2.51. The van der Waals surface area contributed by atoms with Crippen LogP contribution in [0.5, 0.6) is 0 Å². The number of alkyl halides is 3. The molecule has 0 radical (unpaired) electrons. The zero-order valence-electron chi connectivity index (χ0n) is 16.6. The molecule has 33 heavy (non-hydrogen) atoms. The van der Waals surface area contributed by atoms with Crippen molar-refractivity contribution in [2.45, 2.75) is 6.18 Å². The topological polar surface area (TPSA) is 188 Å². The van der Waals surface area contributed by atoms with Crippen molar-refractivity contribution >= 4 is 41.2 Å². The summed E-state index contributed by atoms with van der Waals surface area (Å²) in [7, 11) is 0. The van der Waals surface area contributed by atoms with Crippen molar-refractivity contribution in [3.8, 4) is 0 Å². The second-order valence-electron chi connectivity index (χ2n) is 6.44. The Morgan fingerprint density at radius 2 is 1.88 bits per heavy atom. The van der Waals surface area contributed by atoms with Gasteiger partial charge in [0, 0.05) is 29.2 Å². The minimum atomic E-state index is -4.68. The number of benzene rings is 1. The van der Waals surface area contributed by atoms with Crippen LogP contribution in [0.15, 0.2) is 47.5 Å². The van der Waals surface area contributed by atoms with Gasteiger partial charge in [-0.25, -0.2) is 9.78 Å². The summed E-state index contributed by atoms with van der Waals surface area (Å²) in [5, 5.41) is 17.1. The molecule has 0 atom stereocenters. The molecule has 1 aromatic carbocycles. The number of amides is 3. The molecule has 14 heteroatoms. The largest absolute Gasteiger partial charge is 0.432 e. The zero-order chi connectivity index (χ0) is 24.2. The van der Waals surface area contributed by atoms with Gasteiger partial charge in [-0.2, -0.15) is 23.3 Å². The van der Waals surface area contributed by atoms with Crippen molar-refractivity contribution in [3.05, 3.63) is 65.1 Å². The van der Waals surface area contributed by atoms with Crippen molar-refractivity contribution in [2.75, 3.05) is 16.4 Å². The summed E-state index contributed by atoms with van der Waals surface area (Å²) < 4.78 is 37.9. The Kier molecular flexibility index (Phi) is 6.37. The van der Waals surface area contributed by atoms with E-state index in [0.717, 1.165) is 6.21 Å². The number of halogens is 3. The van der Waals surface area contributed by atoms with E-state index in [0.29, 0.717) is 23.0 Å². The Morgan fingerprint density at radius 3 is 2.55 bits per heavy atom. The lowest BCUT2D eigenvalue weighted by molar-refractivity contribution is -0.141. The molecular formula is C19H16F3N9O2. The van der Waals surface area contributed by atoms with Gasteiger partial charge in [-0.1, -0.05) is 6.07 Å². The molecule has 0 saturated heterocycles. The van der Waals surface area contributed by atoms with E-state index < -0.39 is 29.5 Å². The fourth-order valence-corrected chi connectivity index (χ4v) is 2.51. The molecule has 0 aliphatic heterocycles. The monoisotopic (exact) mass is 459 g/mol. The lowest BCUT2D eigenvalue weighted by Crippen LogP contribution is -2.21. The highest BCUT2D eigenvalue weighted by Crippen LogP contribution is 2.27. The van der Waals surface area contributed by atoms with E-state index in [9.17, 15) is 22.8 Å². The van der Waals surface area contributed by atoms with Crippen LogP contribution in [0.1, 0.15) is 27.4 Å². The molecule has 0 fully saturated rings. The van der Waals surface area contributed by atoms with Crippen LogP contribution >= 0.6 is 0 Å². The second-order valence-corrected chi connectivity index (χ2v) is 6.44. The maximum absolute atomic E-state index is 12.6. The number of aromatic nitrogens is 3. The lowest BCUT2D eigenvalue weighted by Gasteiger charge is -2.07. The van der Waals surface area contributed by atoms with Crippen molar-refractivity contribution < 1.29 is 22.8 Å². The molecule has 2 aromatic heterocycles. The third-order valence-corrected chi connectivity index (χ3v) is 4.08. The number of carbonyl (C=O) groups excluding carboxylic acids is 2. The van der Waals surface area contributed by atoms with Crippen LogP contribution in [0.4, 0.5) is 35.2 Å². The van der Waals surface area contributed by atoms with E-state index in [2.05, 4.69) is 25.7 Å². The average molecular weight is 459 g/mol. The first kappa shape index (κ1) is 22.9. The number of carbonyl (C=O) groups is 2. The van der Waals surface area contributed by atoms with Crippen LogP contribution in [0.3, 0.4) is 0 Å². The highest BCUT2D eigenvalue weighted by atomic mass is 19.4. The number of nitrogens with two attached hydrogens (primary N) is 2. The van der Waals surface area contributed by atoms with Crippen molar-refractivity contribution in [2.24, 2.45) is 10.7 Å². The fraction of sp³-hybridized carbons (Fsp3) is 0.0526. The van der Waals surface area contributed by atoms with Crippen LogP contribution < -0.4 is 22.1 Å². The molecule has 0 aliphatic rings. The van der Waals surface area contributed by atoms with Gasteiger partial charge in [0.1, 0.15) is 17.2 Å². The molecule has 3 amide bonds. The molecule has 170 valence electrons. The zero-order valence-corrected chi connectivity index (χ0v) is 16.6. The summed E-state index contributed by atoms with van der Waals surface area (Å²) in [4.78, 5) is 32.0. The number of nitrogens with one attached hydrogen (secondary N) is 4. The second kappa shape index (κ2) is 9.17. The molecule has 0 aliphatic carbocycles. The number of urea groups is 1. The molecule has 0 saturated carbocycles. The number of nitrogens with zero attached hydrogens (tertiary/aromatic N) is 3. The van der Waals surface area contributed by atoms with E-state index in [1.807, 2.05) is 0 Å². The number of hydrogen-bond acceptors (Lipinski definition) is 6. The van der Waals surface area contributed by atoms with E-state index in [1.165, 1.54) is 36.4 Å². The van der Waals surface area contributed by atoms with Gasteiger partial charge < -0.3 is 27.5 Å². The Morgan fingerprint density at radius 1 is 1.12 bits per heavy atom. The van der Waals surface area contributed by atoms with Crippen LogP contribution in [-0.4, -0.2) is 39.2 Å². The molecule has 2 heterocycles. The van der Waals surface area contributed by atoms with Gasteiger partial charge >= 0.3 is 12.2 Å². The first-order chi connectivity index (χ1) is 15.6. The number of rotatable bonds is 5. The Hall–Kier alpha value is -4.75. The quantitative estimate of drug-likeness (QED) is 0.193. The summed E-state index contributed by atoms with van der Waals surface area (Å²) in [6, 6.07) is 8.43. The minimum absolute atomic E-state index is 0.0263. The number of H-pyrrole nitrogens is 1. The normalized spacial score (nSPS) is 11.7. The minimum Gasteiger partial charge on any atom is -0.398 e. The number of pyridine rings is 1. The number of aliphatic imine (C=N–C) groups is 1. The molecule has 11 nitrogen and oxygen atoms in total. The molecule has 3 aromatic rings. The van der Waals surface area contributed by atoms with Crippen molar-refractivity contribution in [3.63, 3.8) is 0 Å². The van der Waals surface area contributed by atoms with Crippen LogP contribution in [0.2, 0.25) is 0 Å². The van der Waals surface area contributed by atoms with E-state index >= 15 is 0 Å². The van der Waals surface area contributed by atoms with Gasteiger partial charge in [-0.3, -0.25) is 9.89 Å². The number of nitrogen functional groups attached to an aromatic ring is 1. The summed E-state index contributed by atoms with van der Waals surface area (Å²) in [5.74, 6) is -1.28. The molecule has 0 unspecified atom stereocenters. The van der Waals surface area contributed by atoms with Gasteiger partial charge in [0.25, 0.3) is 5.91 Å². The average Bonchev–Trinajstić information content (AvgIpc) is 3.26. The Labute approximate surface area is 183 Å². The smallest absolute Gasteiger partial charge is 0.398 e. The molecule has 0 spiro atoms. The van der Waals surface area contributed by atoms with Gasteiger partial charge in [0.2, 0.25) is 0 Å². The summed E-state index contributed by atoms with van der Waals surface area (Å²) >= 11 is 0. The summed E-state index contributed by atoms with van der Waals surface area (Å²) in [6.45, 7) is 0. The van der Waals surface area contributed by atoms with Crippen molar-refractivity contribution in [1.29, 1.82) is 5.41 Å². The molecule has 0 bridgehead atoms. The SMILES string of the molecule is N=Cc1cc(NC(=O)/N=C(\N)c2cccc(NC(=O)c3cc(C(F)(F)F)[nH]n3)n2)ccc1N. The highest BCUT2D eigenvalue weighted by Gasteiger charge is 2.33. The van der Waals surface area contributed by atoms with Crippen molar-refractivity contribution in [1.82, 2.24) is 15.2 Å². The summed E-state index contributed by atoms with van der Waals surface area (Å²) in [5.41, 5.74) is 10.9. The molecule has 3 rings (SSSR count). The van der Waals surface area contributed by atoms with Gasteiger partial charge in [0.15, 0.2) is 11.5 Å². The van der Waals surface area contributed by atoms with Crippen LogP contribution in [0, 0.1) is 5.41 Å². The number of aromatic amines is 1. The van der Waals surface area contributed by atoms with Gasteiger partial charge in [-0.15, -0.1) is 0 Å². The Balaban J connectivity index is 1.70. The van der Waals surface area contributed by atoms with Crippen LogP contribution in [0.25, 0.3) is 0 Å². The number of hydrogen-bond donors (Lipinski definition) is 6. The standard InChI is InChI=1S/C19H16F3N9O2/c20-19(21,22)14-7-13(30-31-14)17(32)28-15-3-1-2-12(27-15)16(25)29-18(33)26-10-4-5-11(24)9(6-10)8-23/h1-8,23H,24H2,(H,30,31)(H,27,28,32)(H3,25,26,29,33). The Bertz CT molecular complexity index is 1250. The lowest BCUT2D eigenvalue weighted by atomic mass is 10.2. The van der Waals surface area contributed by atoms with Gasteiger partial charge in [-0.05, 0) is 30.3 Å². The van der Waals surface area contributed by atoms with E-state index in [-0.39, 0.29) is 17.3 Å². The molecular weight excluding hydrogens is 443 g/mol. The molecule has 8 N–H and O–H groups in total. The highest BCUT2D eigenvalue weighted by molar-refractivity contribution is 6.07. The van der Waals surface area contributed by atoms with Crippen LogP contribution in [-0.2, 0) is 6.18 Å². The van der Waals surface area contributed by atoms with E-state index in [1.54, 1.807) is 5.10 Å². The summed E-state index contributed by atoms with van der Waals surface area (Å²) in [6.07, 6.45) is -3.65. The van der Waals surface area contributed by atoms with Gasteiger partial charge in [0.05, 0.1) is 0 Å². The maximum Gasteiger partial charge on any atom is 0.432 e. The number of amidine groups is 1. The third kappa shape index (κ3) is 5.69. The third-order valence-electron chi connectivity index (χ3n) is 4.08. The first-order valence-electron chi connectivity index (χ1n) is 9.03. The predicted molar refractivity (Wildman–Crippen MR) is 114 cm³/mol.